The van der Waals surface area contributed by atoms with Crippen molar-refractivity contribution >= 4 is 17.5 Å². The van der Waals surface area contributed by atoms with E-state index in [0.717, 1.165) is 5.56 Å². The first-order valence-electron chi connectivity index (χ1n) is 5.79. The molecule has 1 heterocycles. The van der Waals surface area contributed by atoms with E-state index in [9.17, 15) is 4.79 Å². The van der Waals surface area contributed by atoms with Gasteiger partial charge in [-0.15, -0.1) is 0 Å². The predicted molar refractivity (Wildman–Crippen MR) is 67.2 cm³/mol. The van der Waals surface area contributed by atoms with Gasteiger partial charge in [-0.2, -0.15) is 0 Å². The van der Waals surface area contributed by atoms with Crippen LogP contribution < -0.4 is 0 Å². The number of nitrogens with zero attached hydrogens (tertiary/aromatic N) is 1. The van der Waals surface area contributed by atoms with E-state index < -0.39 is 0 Å². The van der Waals surface area contributed by atoms with Gasteiger partial charge in [0, 0.05) is 18.1 Å². The van der Waals surface area contributed by atoms with Gasteiger partial charge >= 0.3 is 0 Å². The van der Waals surface area contributed by atoms with Gasteiger partial charge in [0.05, 0.1) is 19.1 Å². The number of rotatable bonds is 2. The molecule has 1 aliphatic rings. The average Bonchev–Trinajstić information content (AvgIpc) is 2.32. The Hall–Kier alpha value is -1.06. The molecule has 1 fully saturated rings. The molecular formula is C13H16ClNO2. The Morgan fingerprint density at radius 2 is 2.29 bits per heavy atom. The van der Waals surface area contributed by atoms with E-state index in [0.29, 0.717) is 31.1 Å². The molecule has 3 nitrogen and oxygen atoms in total. The second-order valence-corrected chi connectivity index (χ2v) is 4.70. The molecule has 2 rings (SSSR count). The van der Waals surface area contributed by atoms with E-state index in [1.54, 1.807) is 0 Å². The van der Waals surface area contributed by atoms with Crippen molar-refractivity contribution in [2.24, 2.45) is 0 Å². The highest BCUT2D eigenvalue weighted by molar-refractivity contribution is 6.31. The summed E-state index contributed by atoms with van der Waals surface area (Å²) in [5.74, 6) is 0.119. The molecule has 1 atom stereocenters. The van der Waals surface area contributed by atoms with Crippen molar-refractivity contribution in [1.82, 2.24) is 4.90 Å². The van der Waals surface area contributed by atoms with Crippen LogP contribution in [0, 0.1) is 0 Å². The number of hydrogen-bond donors (Lipinski definition) is 0. The van der Waals surface area contributed by atoms with Crippen molar-refractivity contribution in [3.05, 3.63) is 34.9 Å². The SMILES string of the molecule is CC1CN(C(=O)Cc2ccccc2Cl)CCO1. The van der Waals surface area contributed by atoms with Crippen molar-refractivity contribution in [2.45, 2.75) is 19.4 Å². The average molecular weight is 254 g/mol. The Morgan fingerprint density at radius 1 is 1.53 bits per heavy atom. The zero-order chi connectivity index (χ0) is 12.3. The molecule has 0 spiro atoms. The molecule has 0 N–H and O–H groups in total. The summed E-state index contributed by atoms with van der Waals surface area (Å²) >= 11 is 6.04. The summed E-state index contributed by atoms with van der Waals surface area (Å²) in [6.07, 6.45) is 0.491. The minimum atomic E-state index is 0.119. The van der Waals surface area contributed by atoms with Gasteiger partial charge in [-0.1, -0.05) is 29.8 Å². The molecule has 1 amide bonds. The largest absolute Gasteiger partial charge is 0.375 e. The summed E-state index contributed by atoms with van der Waals surface area (Å²) < 4.78 is 5.41. The van der Waals surface area contributed by atoms with E-state index in [2.05, 4.69) is 0 Å². The Bertz CT molecular complexity index is 408. The third-order valence-electron chi connectivity index (χ3n) is 2.89. The maximum absolute atomic E-state index is 12.1. The number of benzene rings is 1. The molecule has 92 valence electrons. The lowest BCUT2D eigenvalue weighted by atomic mass is 10.1. The quantitative estimate of drug-likeness (QED) is 0.808. The van der Waals surface area contributed by atoms with Crippen molar-refractivity contribution in [2.75, 3.05) is 19.7 Å². The minimum Gasteiger partial charge on any atom is -0.375 e. The van der Waals surface area contributed by atoms with Gasteiger partial charge in [-0.3, -0.25) is 4.79 Å². The van der Waals surface area contributed by atoms with Crippen LogP contribution >= 0.6 is 11.6 Å². The standard InChI is InChI=1S/C13H16ClNO2/c1-10-9-15(6-7-17-10)13(16)8-11-4-2-3-5-12(11)14/h2-5,10H,6-9H2,1H3. The van der Waals surface area contributed by atoms with Gasteiger partial charge in [-0.05, 0) is 18.6 Å². The van der Waals surface area contributed by atoms with Crippen LogP contribution in [0.2, 0.25) is 5.02 Å². The molecule has 1 saturated heterocycles. The Morgan fingerprint density at radius 3 is 3.00 bits per heavy atom. The highest BCUT2D eigenvalue weighted by Crippen LogP contribution is 2.17. The fourth-order valence-electron chi connectivity index (χ4n) is 1.96. The molecular weight excluding hydrogens is 238 g/mol. The predicted octanol–water partition coefficient (Wildman–Crippen LogP) is 2.13. The maximum atomic E-state index is 12.1. The van der Waals surface area contributed by atoms with E-state index >= 15 is 0 Å². The number of carbonyl (C=O) groups excluding carboxylic acids is 1. The molecule has 0 radical (unpaired) electrons. The molecule has 0 aromatic heterocycles. The van der Waals surface area contributed by atoms with Gasteiger partial charge < -0.3 is 9.64 Å². The second-order valence-electron chi connectivity index (χ2n) is 4.29. The lowest BCUT2D eigenvalue weighted by Gasteiger charge is -2.31. The molecule has 1 aromatic carbocycles. The number of carbonyl (C=O) groups is 1. The van der Waals surface area contributed by atoms with E-state index in [1.165, 1.54) is 0 Å². The highest BCUT2D eigenvalue weighted by Gasteiger charge is 2.21. The number of amides is 1. The molecule has 0 saturated carbocycles. The van der Waals surface area contributed by atoms with Gasteiger partial charge in [0.15, 0.2) is 0 Å². The van der Waals surface area contributed by atoms with Crippen LogP contribution in [0.25, 0.3) is 0 Å². The van der Waals surface area contributed by atoms with Crippen LogP contribution in [0.3, 0.4) is 0 Å². The van der Waals surface area contributed by atoms with Crippen LogP contribution in [0.15, 0.2) is 24.3 Å². The molecule has 0 bridgehead atoms. The summed E-state index contributed by atoms with van der Waals surface area (Å²) in [7, 11) is 0. The summed E-state index contributed by atoms with van der Waals surface area (Å²) in [5, 5.41) is 0.655. The van der Waals surface area contributed by atoms with Crippen LogP contribution in [-0.2, 0) is 16.0 Å². The first-order chi connectivity index (χ1) is 8.16. The summed E-state index contributed by atoms with van der Waals surface area (Å²) in [5.41, 5.74) is 0.887. The number of ether oxygens (including phenoxy) is 1. The number of halogens is 1. The van der Waals surface area contributed by atoms with Crippen LogP contribution in [-0.4, -0.2) is 36.6 Å². The van der Waals surface area contributed by atoms with Gasteiger partial charge in [-0.25, -0.2) is 0 Å². The maximum Gasteiger partial charge on any atom is 0.227 e. The highest BCUT2D eigenvalue weighted by atomic mass is 35.5. The molecule has 17 heavy (non-hydrogen) atoms. The van der Waals surface area contributed by atoms with Crippen LogP contribution in [0.1, 0.15) is 12.5 Å². The summed E-state index contributed by atoms with van der Waals surface area (Å²) in [4.78, 5) is 13.9. The zero-order valence-electron chi connectivity index (χ0n) is 9.86. The monoisotopic (exact) mass is 253 g/mol. The van der Waals surface area contributed by atoms with Crippen LogP contribution in [0.4, 0.5) is 0 Å². The smallest absolute Gasteiger partial charge is 0.227 e. The molecule has 1 aliphatic heterocycles. The third-order valence-corrected chi connectivity index (χ3v) is 3.26. The fraction of sp³-hybridized carbons (Fsp3) is 0.462. The summed E-state index contributed by atoms with van der Waals surface area (Å²) in [6, 6.07) is 7.47. The van der Waals surface area contributed by atoms with Crippen molar-refractivity contribution in [1.29, 1.82) is 0 Å². The molecule has 4 heteroatoms. The van der Waals surface area contributed by atoms with Gasteiger partial charge in [0.2, 0.25) is 5.91 Å². The van der Waals surface area contributed by atoms with E-state index in [1.807, 2.05) is 36.1 Å². The lowest BCUT2D eigenvalue weighted by Crippen LogP contribution is -2.45. The van der Waals surface area contributed by atoms with E-state index in [-0.39, 0.29) is 12.0 Å². The Kier molecular flexibility index (Phi) is 4.02. The fourth-order valence-corrected chi connectivity index (χ4v) is 2.16. The molecule has 1 aromatic rings. The van der Waals surface area contributed by atoms with Gasteiger partial charge in [0.1, 0.15) is 0 Å². The molecule has 1 unspecified atom stereocenters. The first kappa shape index (κ1) is 12.4. The lowest BCUT2D eigenvalue weighted by molar-refractivity contribution is -0.137. The first-order valence-corrected chi connectivity index (χ1v) is 6.17. The van der Waals surface area contributed by atoms with Crippen molar-refractivity contribution in [3.63, 3.8) is 0 Å². The number of hydrogen-bond acceptors (Lipinski definition) is 2. The molecule has 0 aliphatic carbocycles. The Balaban J connectivity index is 1.99. The number of morpholine rings is 1. The second kappa shape index (κ2) is 5.52. The minimum absolute atomic E-state index is 0.119. The van der Waals surface area contributed by atoms with Gasteiger partial charge in [0.25, 0.3) is 0 Å². The topological polar surface area (TPSA) is 29.5 Å². The zero-order valence-corrected chi connectivity index (χ0v) is 10.6. The third kappa shape index (κ3) is 3.20. The Labute approximate surface area is 106 Å². The van der Waals surface area contributed by atoms with Crippen LogP contribution in [0.5, 0.6) is 0 Å². The van der Waals surface area contributed by atoms with Crippen molar-refractivity contribution < 1.29 is 9.53 Å². The normalized spacial score (nSPS) is 20.4. The summed E-state index contributed by atoms with van der Waals surface area (Å²) in [6.45, 7) is 3.95. The van der Waals surface area contributed by atoms with Crippen molar-refractivity contribution in [3.8, 4) is 0 Å². The van der Waals surface area contributed by atoms with E-state index in [4.69, 9.17) is 16.3 Å².